The summed E-state index contributed by atoms with van der Waals surface area (Å²) in [4.78, 5) is 40.0. The SMILES string of the molecule is COC(=O)C1=NC(C)=CC(=O)C1C(=O)Nc1ccccc1. The number of ether oxygens (including phenoxy) is 1. The van der Waals surface area contributed by atoms with Gasteiger partial charge < -0.3 is 10.1 Å². The third-order valence-electron chi connectivity index (χ3n) is 2.90. The summed E-state index contributed by atoms with van der Waals surface area (Å²) in [6.07, 6.45) is 1.24. The molecule has 1 aliphatic heterocycles. The number of methoxy groups -OCH3 is 1. The maximum absolute atomic E-state index is 12.3. The number of carbonyl (C=O) groups is 3. The molecule has 1 aromatic carbocycles. The van der Waals surface area contributed by atoms with Crippen molar-refractivity contribution in [1.29, 1.82) is 0 Å². The molecule has 0 spiro atoms. The van der Waals surface area contributed by atoms with Crippen LogP contribution in [0.1, 0.15) is 6.92 Å². The largest absolute Gasteiger partial charge is 0.465 e. The summed E-state index contributed by atoms with van der Waals surface area (Å²) in [5, 5.41) is 2.59. The van der Waals surface area contributed by atoms with Crippen LogP contribution in [0.3, 0.4) is 0 Å². The van der Waals surface area contributed by atoms with Crippen molar-refractivity contribution in [3.63, 3.8) is 0 Å². The zero-order chi connectivity index (χ0) is 15.4. The lowest BCUT2D eigenvalue weighted by atomic mass is 9.93. The zero-order valence-corrected chi connectivity index (χ0v) is 11.6. The molecule has 0 bridgehead atoms. The van der Waals surface area contributed by atoms with Crippen LogP contribution in [0.25, 0.3) is 0 Å². The Morgan fingerprint density at radius 2 is 1.90 bits per heavy atom. The Bertz CT molecular complexity index is 647. The second kappa shape index (κ2) is 6.13. The molecule has 6 nitrogen and oxygen atoms in total. The van der Waals surface area contributed by atoms with E-state index in [1.165, 1.54) is 13.2 Å². The van der Waals surface area contributed by atoms with Crippen LogP contribution in [-0.4, -0.2) is 30.5 Å². The van der Waals surface area contributed by atoms with Crippen LogP contribution < -0.4 is 5.32 Å². The van der Waals surface area contributed by atoms with E-state index in [0.29, 0.717) is 11.4 Å². The molecule has 1 aliphatic rings. The minimum Gasteiger partial charge on any atom is -0.465 e. The van der Waals surface area contributed by atoms with Crippen molar-refractivity contribution >= 4 is 29.1 Å². The van der Waals surface area contributed by atoms with E-state index in [2.05, 4.69) is 15.0 Å². The molecule has 1 atom stereocenters. The Hall–Kier alpha value is -2.76. The van der Waals surface area contributed by atoms with Gasteiger partial charge in [0.2, 0.25) is 5.91 Å². The van der Waals surface area contributed by atoms with Crippen molar-refractivity contribution in [3.8, 4) is 0 Å². The first-order chi connectivity index (χ1) is 10.0. The normalized spacial score (nSPS) is 17.6. The fourth-order valence-electron chi connectivity index (χ4n) is 1.97. The van der Waals surface area contributed by atoms with E-state index in [1.54, 1.807) is 37.3 Å². The van der Waals surface area contributed by atoms with Gasteiger partial charge >= 0.3 is 5.97 Å². The molecule has 1 heterocycles. The lowest BCUT2D eigenvalue weighted by Gasteiger charge is -2.18. The number of carbonyl (C=O) groups excluding carboxylic acids is 3. The third-order valence-corrected chi connectivity index (χ3v) is 2.90. The number of anilines is 1. The first-order valence-electron chi connectivity index (χ1n) is 6.28. The summed E-state index contributed by atoms with van der Waals surface area (Å²) in [7, 11) is 1.18. The molecule has 108 valence electrons. The van der Waals surface area contributed by atoms with Crippen molar-refractivity contribution in [2.45, 2.75) is 6.92 Å². The van der Waals surface area contributed by atoms with Gasteiger partial charge in [-0.3, -0.25) is 9.59 Å². The Labute approximate surface area is 121 Å². The van der Waals surface area contributed by atoms with Gasteiger partial charge in [-0.15, -0.1) is 0 Å². The predicted octanol–water partition coefficient (Wildman–Crippen LogP) is 1.34. The lowest BCUT2D eigenvalue weighted by molar-refractivity contribution is -0.135. The number of benzene rings is 1. The maximum Gasteiger partial charge on any atom is 0.353 e. The van der Waals surface area contributed by atoms with Gasteiger partial charge in [-0.2, -0.15) is 0 Å². The number of nitrogens with one attached hydrogen (secondary N) is 1. The average Bonchev–Trinajstić information content (AvgIpc) is 2.46. The Balaban J connectivity index is 2.27. The molecule has 6 heteroatoms. The number of ketones is 1. The van der Waals surface area contributed by atoms with Crippen molar-refractivity contribution in [1.82, 2.24) is 0 Å². The smallest absolute Gasteiger partial charge is 0.353 e. The molecule has 0 aliphatic carbocycles. The van der Waals surface area contributed by atoms with Crippen LogP contribution in [0.4, 0.5) is 5.69 Å². The molecule has 1 unspecified atom stereocenters. The number of esters is 1. The monoisotopic (exact) mass is 286 g/mol. The highest BCUT2D eigenvalue weighted by atomic mass is 16.5. The minimum absolute atomic E-state index is 0.198. The molecule has 0 saturated heterocycles. The lowest BCUT2D eigenvalue weighted by Crippen LogP contribution is -2.41. The standard InChI is InChI=1S/C15H14N2O4/c1-9-8-11(18)12(13(16-9)15(20)21-2)14(19)17-10-6-4-3-5-7-10/h3-8,12H,1-2H3,(H,17,19). The summed E-state index contributed by atoms with van der Waals surface area (Å²) in [6.45, 7) is 1.58. The van der Waals surface area contributed by atoms with Gasteiger partial charge in [0.05, 0.1) is 7.11 Å². The number of allylic oxidation sites excluding steroid dienone is 2. The van der Waals surface area contributed by atoms with Crippen LogP contribution in [0.5, 0.6) is 0 Å². The Morgan fingerprint density at radius 3 is 2.52 bits per heavy atom. The maximum atomic E-state index is 12.3. The average molecular weight is 286 g/mol. The highest BCUT2D eigenvalue weighted by molar-refractivity contribution is 6.48. The van der Waals surface area contributed by atoms with Gasteiger partial charge in [0, 0.05) is 17.5 Å². The number of para-hydroxylation sites is 1. The summed E-state index contributed by atoms with van der Waals surface area (Å²) >= 11 is 0. The highest BCUT2D eigenvalue weighted by Gasteiger charge is 2.37. The van der Waals surface area contributed by atoms with E-state index in [4.69, 9.17) is 0 Å². The van der Waals surface area contributed by atoms with Crippen molar-refractivity contribution < 1.29 is 19.1 Å². The number of aliphatic imine (C=N–C) groups is 1. The fraction of sp³-hybridized carbons (Fsp3) is 0.200. The van der Waals surface area contributed by atoms with E-state index in [-0.39, 0.29) is 5.71 Å². The second-order valence-corrected chi connectivity index (χ2v) is 4.47. The quantitative estimate of drug-likeness (QED) is 0.671. The van der Waals surface area contributed by atoms with Crippen molar-refractivity contribution in [3.05, 3.63) is 42.1 Å². The van der Waals surface area contributed by atoms with Gasteiger partial charge in [0.15, 0.2) is 11.7 Å². The Morgan fingerprint density at radius 1 is 1.24 bits per heavy atom. The first kappa shape index (κ1) is 14.6. The zero-order valence-electron chi connectivity index (χ0n) is 11.6. The minimum atomic E-state index is -1.29. The van der Waals surface area contributed by atoms with Gasteiger partial charge in [-0.25, -0.2) is 9.79 Å². The van der Waals surface area contributed by atoms with Crippen molar-refractivity contribution in [2.75, 3.05) is 12.4 Å². The molecule has 2 rings (SSSR count). The molecule has 1 amide bonds. The van der Waals surface area contributed by atoms with Crippen molar-refractivity contribution in [2.24, 2.45) is 10.9 Å². The second-order valence-electron chi connectivity index (χ2n) is 4.47. The summed E-state index contributed by atoms with van der Waals surface area (Å²) in [5.74, 6) is -3.18. The van der Waals surface area contributed by atoms with Crippen LogP contribution in [0.2, 0.25) is 0 Å². The summed E-state index contributed by atoms with van der Waals surface area (Å²) < 4.78 is 4.59. The first-order valence-corrected chi connectivity index (χ1v) is 6.28. The van der Waals surface area contributed by atoms with Crippen LogP contribution in [-0.2, 0) is 19.1 Å². The Kier molecular flexibility index (Phi) is 4.27. The molecule has 0 aromatic heterocycles. The fourth-order valence-corrected chi connectivity index (χ4v) is 1.97. The van der Waals surface area contributed by atoms with E-state index < -0.39 is 23.6 Å². The van der Waals surface area contributed by atoms with E-state index >= 15 is 0 Å². The van der Waals surface area contributed by atoms with Crippen LogP contribution in [0.15, 0.2) is 47.1 Å². The van der Waals surface area contributed by atoms with E-state index in [9.17, 15) is 14.4 Å². The molecule has 0 saturated carbocycles. The third kappa shape index (κ3) is 3.22. The van der Waals surface area contributed by atoms with Gasteiger partial charge in [0.25, 0.3) is 0 Å². The van der Waals surface area contributed by atoms with E-state index in [1.807, 2.05) is 0 Å². The van der Waals surface area contributed by atoms with Crippen LogP contribution >= 0.6 is 0 Å². The number of amides is 1. The highest BCUT2D eigenvalue weighted by Crippen LogP contribution is 2.17. The molecule has 1 N–H and O–H groups in total. The molecule has 0 fully saturated rings. The summed E-state index contributed by atoms with van der Waals surface area (Å²) in [5.41, 5.74) is 0.700. The molecule has 1 aromatic rings. The number of hydrogen-bond donors (Lipinski definition) is 1. The number of hydrogen-bond acceptors (Lipinski definition) is 5. The predicted molar refractivity (Wildman–Crippen MR) is 76.8 cm³/mol. The van der Waals surface area contributed by atoms with E-state index in [0.717, 1.165) is 0 Å². The van der Waals surface area contributed by atoms with Gasteiger partial charge in [-0.1, -0.05) is 18.2 Å². The topological polar surface area (TPSA) is 84.8 Å². The summed E-state index contributed by atoms with van der Waals surface area (Å²) in [6, 6.07) is 8.66. The molecular formula is C15H14N2O4. The van der Waals surface area contributed by atoms with Crippen LogP contribution in [0, 0.1) is 5.92 Å². The number of rotatable bonds is 3. The number of nitrogens with zero attached hydrogens (tertiary/aromatic N) is 1. The molecular weight excluding hydrogens is 272 g/mol. The van der Waals surface area contributed by atoms with Gasteiger partial charge in [-0.05, 0) is 19.1 Å². The van der Waals surface area contributed by atoms with Gasteiger partial charge in [0.1, 0.15) is 5.71 Å². The molecule has 0 radical (unpaired) electrons. The molecule has 21 heavy (non-hydrogen) atoms.